The Labute approximate surface area is 123 Å². The summed E-state index contributed by atoms with van der Waals surface area (Å²) in [5, 5.41) is 3.14. The molecule has 0 aromatic rings. The average molecular weight is 293 g/mol. The van der Waals surface area contributed by atoms with Crippen molar-refractivity contribution < 1.29 is 9.53 Å². The molecule has 0 aromatic carbocycles. The molecule has 1 fully saturated rings. The molecule has 0 heterocycles. The highest BCUT2D eigenvalue weighted by Gasteiger charge is 2.32. The third-order valence-corrected chi connectivity index (χ3v) is 4.14. The van der Waals surface area contributed by atoms with E-state index < -0.39 is 6.10 Å². The van der Waals surface area contributed by atoms with Crippen molar-refractivity contribution in [3.05, 3.63) is 0 Å². The molecule has 1 aliphatic rings. The van der Waals surface area contributed by atoms with E-state index in [2.05, 4.69) is 26.1 Å². The maximum absolute atomic E-state index is 12.0. The number of nitrogens with two attached hydrogens (primary N) is 1. The third-order valence-electron chi connectivity index (χ3n) is 4.14. The van der Waals surface area contributed by atoms with Gasteiger partial charge in [0.1, 0.15) is 6.10 Å². The smallest absolute Gasteiger partial charge is 0.250 e. The van der Waals surface area contributed by atoms with Gasteiger partial charge in [0.25, 0.3) is 5.91 Å². The molecule has 4 nitrogen and oxygen atoms in total. The van der Waals surface area contributed by atoms with Crippen LogP contribution in [0.25, 0.3) is 0 Å². The highest BCUT2D eigenvalue weighted by Crippen LogP contribution is 2.33. The fourth-order valence-electron chi connectivity index (χ4n) is 2.95. The zero-order chi connectivity index (χ0) is 13.7. The van der Waals surface area contributed by atoms with Crippen LogP contribution < -0.4 is 11.1 Å². The van der Waals surface area contributed by atoms with Crippen LogP contribution in [-0.2, 0) is 9.53 Å². The second kappa shape index (κ2) is 8.77. The van der Waals surface area contributed by atoms with E-state index in [4.69, 9.17) is 10.5 Å². The second-order valence-electron chi connectivity index (χ2n) is 5.90. The van der Waals surface area contributed by atoms with Crippen molar-refractivity contribution in [1.82, 2.24) is 5.32 Å². The lowest BCUT2D eigenvalue weighted by Crippen LogP contribution is -2.50. The Kier molecular flexibility index (Phi) is 8.62. The molecule has 0 spiro atoms. The van der Waals surface area contributed by atoms with Crippen LogP contribution in [0.5, 0.6) is 0 Å². The molecule has 0 aliphatic heterocycles. The average Bonchev–Trinajstić information content (AvgIpc) is 2.30. The van der Waals surface area contributed by atoms with Crippen LogP contribution in [0.4, 0.5) is 0 Å². The molecule has 4 unspecified atom stereocenters. The normalized spacial score (nSPS) is 28.6. The lowest BCUT2D eigenvalue weighted by atomic mass is 9.74. The third kappa shape index (κ3) is 5.28. The van der Waals surface area contributed by atoms with Gasteiger partial charge in [0, 0.05) is 19.7 Å². The molecular weight excluding hydrogens is 264 g/mol. The van der Waals surface area contributed by atoms with Gasteiger partial charge in [-0.1, -0.05) is 27.2 Å². The molecule has 3 N–H and O–H groups in total. The molecule has 19 heavy (non-hydrogen) atoms. The number of methoxy groups -OCH3 is 1. The Morgan fingerprint density at radius 1 is 1.42 bits per heavy atom. The first-order valence-electron chi connectivity index (χ1n) is 7.02. The van der Waals surface area contributed by atoms with Gasteiger partial charge in [-0.2, -0.15) is 0 Å². The summed E-state index contributed by atoms with van der Waals surface area (Å²) in [5.74, 6) is 1.79. The van der Waals surface area contributed by atoms with Gasteiger partial charge in [-0.3, -0.25) is 4.79 Å². The lowest BCUT2D eigenvalue weighted by molar-refractivity contribution is -0.132. The molecular formula is C14H29ClN2O2. The van der Waals surface area contributed by atoms with Crippen LogP contribution in [0.3, 0.4) is 0 Å². The Morgan fingerprint density at radius 2 is 2.05 bits per heavy atom. The topological polar surface area (TPSA) is 64.3 Å². The van der Waals surface area contributed by atoms with Crippen LogP contribution in [0.2, 0.25) is 0 Å². The molecule has 1 saturated carbocycles. The monoisotopic (exact) mass is 292 g/mol. The fraction of sp³-hybridized carbons (Fsp3) is 0.929. The summed E-state index contributed by atoms with van der Waals surface area (Å²) >= 11 is 0. The maximum Gasteiger partial charge on any atom is 0.250 e. The van der Waals surface area contributed by atoms with E-state index in [-0.39, 0.29) is 30.9 Å². The van der Waals surface area contributed by atoms with Gasteiger partial charge >= 0.3 is 0 Å². The van der Waals surface area contributed by atoms with Gasteiger partial charge < -0.3 is 15.8 Å². The molecule has 114 valence electrons. The van der Waals surface area contributed by atoms with Crippen LogP contribution in [0.1, 0.15) is 40.0 Å². The van der Waals surface area contributed by atoms with Crippen molar-refractivity contribution in [2.24, 2.45) is 23.5 Å². The number of halogens is 1. The fourth-order valence-corrected chi connectivity index (χ4v) is 2.95. The summed E-state index contributed by atoms with van der Waals surface area (Å²) in [4.78, 5) is 12.0. The number of hydrogen-bond donors (Lipinski definition) is 2. The minimum Gasteiger partial charge on any atom is -0.370 e. The number of carbonyl (C=O) groups excluding carboxylic acids is 1. The van der Waals surface area contributed by atoms with E-state index in [1.165, 1.54) is 20.0 Å². The number of rotatable bonds is 5. The summed E-state index contributed by atoms with van der Waals surface area (Å²) in [7, 11) is 1.53. The SMILES string of the molecule is COC(CN)C(=O)NC1CC(C)CCC1C(C)C.Cl. The molecule has 4 atom stereocenters. The first-order valence-corrected chi connectivity index (χ1v) is 7.02. The van der Waals surface area contributed by atoms with Crippen molar-refractivity contribution in [3.8, 4) is 0 Å². The maximum atomic E-state index is 12.0. The second-order valence-corrected chi connectivity index (χ2v) is 5.90. The summed E-state index contributed by atoms with van der Waals surface area (Å²) in [5.41, 5.74) is 5.53. The van der Waals surface area contributed by atoms with Gasteiger partial charge in [-0.05, 0) is 30.6 Å². The standard InChI is InChI=1S/C14H28N2O2.ClH/c1-9(2)11-6-5-10(3)7-12(11)16-14(17)13(8-15)18-4;/h9-13H,5-8,15H2,1-4H3,(H,16,17);1H. The predicted molar refractivity (Wildman–Crippen MR) is 80.4 cm³/mol. The van der Waals surface area contributed by atoms with Crippen LogP contribution in [0, 0.1) is 17.8 Å². The number of amides is 1. The Bertz CT molecular complexity index is 270. The molecule has 5 heteroatoms. The van der Waals surface area contributed by atoms with Gasteiger partial charge in [0.2, 0.25) is 0 Å². The van der Waals surface area contributed by atoms with Crippen LogP contribution >= 0.6 is 12.4 Å². The highest BCUT2D eigenvalue weighted by molar-refractivity contribution is 5.85. The van der Waals surface area contributed by atoms with E-state index in [1.54, 1.807) is 0 Å². The molecule has 1 rings (SSSR count). The molecule has 0 bridgehead atoms. The molecule has 0 radical (unpaired) electrons. The Morgan fingerprint density at radius 3 is 2.53 bits per heavy atom. The van der Waals surface area contributed by atoms with E-state index in [1.807, 2.05) is 0 Å². The zero-order valence-electron chi connectivity index (χ0n) is 12.5. The molecule has 1 aliphatic carbocycles. The zero-order valence-corrected chi connectivity index (χ0v) is 13.3. The first kappa shape index (κ1) is 18.7. The van der Waals surface area contributed by atoms with Crippen LogP contribution in [0.15, 0.2) is 0 Å². The van der Waals surface area contributed by atoms with Crippen molar-refractivity contribution in [1.29, 1.82) is 0 Å². The summed E-state index contributed by atoms with van der Waals surface area (Å²) in [6, 6.07) is 0.269. The summed E-state index contributed by atoms with van der Waals surface area (Å²) in [6.07, 6.45) is 3.01. The summed E-state index contributed by atoms with van der Waals surface area (Å²) in [6.45, 7) is 6.95. The molecule has 1 amide bonds. The van der Waals surface area contributed by atoms with E-state index in [9.17, 15) is 4.79 Å². The van der Waals surface area contributed by atoms with Crippen molar-refractivity contribution in [2.45, 2.75) is 52.2 Å². The number of hydrogen-bond acceptors (Lipinski definition) is 3. The van der Waals surface area contributed by atoms with Crippen LogP contribution in [-0.4, -0.2) is 31.7 Å². The Hall–Kier alpha value is -0.320. The number of nitrogens with one attached hydrogen (secondary N) is 1. The quantitative estimate of drug-likeness (QED) is 0.814. The van der Waals surface area contributed by atoms with E-state index >= 15 is 0 Å². The predicted octanol–water partition coefficient (Wildman–Crippen LogP) is 1.96. The van der Waals surface area contributed by atoms with Gasteiger partial charge in [-0.25, -0.2) is 0 Å². The first-order chi connectivity index (χ1) is 8.49. The van der Waals surface area contributed by atoms with Gasteiger partial charge in [0.15, 0.2) is 0 Å². The van der Waals surface area contributed by atoms with E-state index in [0.717, 1.165) is 6.42 Å². The summed E-state index contributed by atoms with van der Waals surface area (Å²) < 4.78 is 5.09. The largest absolute Gasteiger partial charge is 0.370 e. The van der Waals surface area contributed by atoms with Gasteiger partial charge in [0.05, 0.1) is 0 Å². The molecule has 0 aromatic heterocycles. The number of carbonyl (C=O) groups is 1. The minimum absolute atomic E-state index is 0. The highest BCUT2D eigenvalue weighted by atomic mass is 35.5. The minimum atomic E-state index is -0.518. The Balaban J connectivity index is 0.00000324. The van der Waals surface area contributed by atoms with Crippen molar-refractivity contribution in [2.75, 3.05) is 13.7 Å². The van der Waals surface area contributed by atoms with E-state index in [0.29, 0.717) is 17.8 Å². The van der Waals surface area contributed by atoms with Gasteiger partial charge in [-0.15, -0.1) is 12.4 Å². The number of ether oxygens (including phenoxy) is 1. The van der Waals surface area contributed by atoms with Crippen molar-refractivity contribution in [3.63, 3.8) is 0 Å². The molecule has 0 saturated heterocycles. The van der Waals surface area contributed by atoms with Crippen molar-refractivity contribution >= 4 is 18.3 Å². The lowest BCUT2D eigenvalue weighted by Gasteiger charge is -2.38.